The summed E-state index contributed by atoms with van der Waals surface area (Å²) in [7, 11) is -2.51. The smallest absolute Gasteiger partial charge is 0.251 e. The largest absolute Gasteiger partial charge is 0.495 e. The van der Waals surface area contributed by atoms with E-state index in [2.05, 4.69) is 20.7 Å². The summed E-state index contributed by atoms with van der Waals surface area (Å²) in [5, 5.41) is 8.87. The third kappa shape index (κ3) is 7.98. The van der Waals surface area contributed by atoms with E-state index in [1.165, 1.54) is 49.6 Å². The van der Waals surface area contributed by atoms with Crippen molar-refractivity contribution in [2.45, 2.75) is 49.1 Å². The van der Waals surface area contributed by atoms with Crippen LogP contribution in [0.3, 0.4) is 0 Å². The van der Waals surface area contributed by atoms with Crippen LogP contribution in [0.2, 0.25) is 0 Å². The van der Waals surface area contributed by atoms with Gasteiger partial charge in [-0.1, -0.05) is 0 Å². The molecule has 0 radical (unpaired) electrons. The molecule has 1 atom stereocenters. The second-order valence-corrected chi connectivity index (χ2v) is 11.5. The highest BCUT2D eigenvalue weighted by Gasteiger charge is 2.28. The maximum atomic E-state index is 13.4. The van der Waals surface area contributed by atoms with Gasteiger partial charge in [0, 0.05) is 36.6 Å². The van der Waals surface area contributed by atoms with Crippen molar-refractivity contribution in [2.24, 2.45) is 5.92 Å². The molecule has 2 aliphatic rings. The number of sulfonamides is 1. The van der Waals surface area contributed by atoms with Gasteiger partial charge in [0.2, 0.25) is 15.9 Å². The van der Waals surface area contributed by atoms with Crippen LogP contribution >= 0.6 is 0 Å². The van der Waals surface area contributed by atoms with E-state index < -0.39 is 33.7 Å². The number of amides is 2. The summed E-state index contributed by atoms with van der Waals surface area (Å²) in [4.78, 5) is 26.2. The highest BCUT2D eigenvalue weighted by Crippen LogP contribution is 2.28. The highest BCUT2D eigenvalue weighted by atomic mass is 32.2. The average molecular weight is 563 g/mol. The number of hydrogen-bond acceptors (Lipinski definition) is 7. The first-order valence-electron chi connectivity index (χ1n) is 13.1. The van der Waals surface area contributed by atoms with Crippen molar-refractivity contribution in [3.05, 3.63) is 53.8 Å². The number of methoxy groups -OCH3 is 1. The SMILES string of the molecule is COc1cc(NC(=O)[C@H](CC2CCNCC2)NC(=O)c2ccc(F)cc2)ccc1S(=O)(=O)NC1CCOCC1. The van der Waals surface area contributed by atoms with Crippen LogP contribution in [-0.4, -0.2) is 65.7 Å². The fourth-order valence-electron chi connectivity index (χ4n) is 4.82. The number of nitrogens with one attached hydrogen (secondary N) is 4. The quantitative estimate of drug-likeness (QED) is 0.349. The number of rotatable bonds is 10. The summed E-state index contributed by atoms with van der Waals surface area (Å²) >= 11 is 0. The van der Waals surface area contributed by atoms with Crippen molar-refractivity contribution in [3.63, 3.8) is 0 Å². The molecule has 12 heteroatoms. The van der Waals surface area contributed by atoms with Gasteiger partial charge in [-0.3, -0.25) is 9.59 Å². The normalized spacial score (nSPS) is 17.8. The van der Waals surface area contributed by atoms with Gasteiger partial charge in [-0.25, -0.2) is 17.5 Å². The molecule has 2 aliphatic heterocycles. The summed E-state index contributed by atoms with van der Waals surface area (Å²) in [6.45, 7) is 2.65. The summed E-state index contributed by atoms with van der Waals surface area (Å²) in [5.74, 6) is -1.08. The summed E-state index contributed by atoms with van der Waals surface area (Å²) < 4.78 is 52.7. The molecule has 0 bridgehead atoms. The van der Waals surface area contributed by atoms with E-state index in [-0.39, 0.29) is 28.2 Å². The molecule has 0 spiro atoms. The predicted octanol–water partition coefficient (Wildman–Crippen LogP) is 2.42. The van der Waals surface area contributed by atoms with Gasteiger partial charge < -0.3 is 25.4 Å². The number of ether oxygens (including phenoxy) is 2. The number of anilines is 1. The first kappa shape index (κ1) is 28.9. The van der Waals surface area contributed by atoms with E-state index >= 15 is 0 Å². The molecule has 2 aromatic carbocycles. The lowest BCUT2D eigenvalue weighted by molar-refractivity contribution is -0.118. The molecule has 0 aliphatic carbocycles. The number of halogens is 1. The number of benzene rings is 2. The minimum atomic E-state index is -3.87. The average Bonchev–Trinajstić information content (AvgIpc) is 2.93. The van der Waals surface area contributed by atoms with Crippen LogP contribution in [0.25, 0.3) is 0 Å². The highest BCUT2D eigenvalue weighted by molar-refractivity contribution is 7.89. The molecule has 2 amide bonds. The van der Waals surface area contributed by atoms with Crippen LogP contribution in [0.5, 0.6) is 5.75 Å². The zero-order valence-corrected chi connectivity index (χ0v) is 22.7. The van der Waals surface area contributed by atoms with Crippen LogP contribution in [0.1, 0.15) is 42.5 Å². The van der Waals surface area contributed by atoms with Crippen molar-refractivity contribution in [2.75, 3.05) is 38.7 Å². The molecule has 39 heavy (non-hydrogen) atoms. The number of piperidine rings is 1. The zero-order chi connectivity index (χ0) is 27.8. The van der Waals surface area contributed by atoms with E-state index in [0.29, 0.717) is 38.2 Å². The molecule has 0 aromatic heterocycles. The van der Waals surface area contributed by atoms with Gasteiger partial charge in [-0.2, -0.15) is 0 Å². The molecular formula is C27H35FN4O6S. The van der Waals surface area contributed by atoms with Gasteiger partial charge in [0.15, 0.2) is 0 Å². The Bertz CT molecular complexity index is 1250. The molecule has 2 heterocycles. The fourth-order valence-corrected chi connectivity index (χ4v) is 6.28. The van der Waals surface area contributed by atoms with E-state index in [0.717, 1.165) is 25.9 Å². The summed E-state index contributed by atoms with van der Waals surface area (Å²) in [6.07, 6.45) is 3.34. The molecule has 0 unspecified atom stereocenters. The van der Waals surface area contributed by atoms with Crippen molar-refractivity contribution >= 4 is 27.5 Å². The van der Waals surface area contributed by atoms with Gasteiger partial charge in [-0.15, -0.1) is 0 Å². The van der Waals surface area contributed by atoms with Crippen LogP contribution in [0.4, 0.5) is 10.1 Å². The maximum absolute atomic E-state index is 13.4. The second kappa shape index (κ2) is 13.3. The van der Waals surface area contributed by atoms with Gasteiger partial charge in [0.05, 0.1) is 7.11 Å². The Balaban J connectivity index is 1.49. The molecule has 4 N–H and O–H groups in total. The Morgan fingerprint density at radius 2 is 1.77 bits per heavy atom. The van der Waals surface area contributed by atoms with Gasteiger partial charge in [0.1, 0.15) is 22.5 Å². The molecule has 4 rings (SSSR count). The van der Waals surface area contributed by atoms with Gasteiger partial charge in [-0.05, 0) is 87.5 Å². The maximum Gasteiger partial charge on any atom is 0.251 e. The second-order valence-electron chi connectivity index (χ2n) is 9.82. The number of hydrogen-bond donors (Lipinski definition) is 4. The lowest BCUT2D eigenvalue weighted by Gasteiger charge is -2.27. The lowest BCUT2D eigenvalue weighted by atomic mass is 9.90. The molecule has 2 aromatic rings. The van der Waals surface area contributed by atoms with E-state index in [9.17, 15) is 22.4 Å². The lowest BCUT2D eigenvalue weighted by Crippen LogP contribution is -2.46. The third-order valence-corrected chi connectivity index (χ3v) is 8.58. The zero-order valence-electron chi connectivity index (χ0n) is 21.9. The van der Waals surface area contributed by atoms with Gasteiger partial charge in [0.25, 0.3) is 5.91 Å². The standard InChI is InChI=1S/C27H35FN4O6S/c1-37-24-17-22(6-7-25(24)39(35,36)32-21-10-14-38-15-11-21)30-27(34)23(16-18-8-12-29-13-9-18)31-26(33)19-2-4-20(28)5-3-19/h2-7,17-18,21,23,29,32H,8-16H2,1H3,(H,30,34)(H,31,33)/t23-/m0/s1. The van der Waals surface area contributed by atoms with E-state index in [1.807, 2.05) is 0 Å². The van der Waals surface area contributed by atoms with Crippen LogP contribution < -0.4 is 25.4 Å². The van der Waals surface area contributed by atoms with Crippen LogP contribution in [0.15, 0.2) is 47.4 Å². The minimum absolute atomic E-state index is 0.0367. The first-order chi connectivity index (χ1) is 18.7. The van der Waals surface area contributed by atoms with Crippen molar-refractivity contribution < 1.29 is 31.9 Å². The Kier molecular flexibility index (Phi) is 9.89. The molecular weight excluding hydrogens is 527 g/mol. The van der Waals surface area contributed by atoms with E-state index in [4.69, 9.17) is 9.47 Å². The summed E-state index contributed by atoms with van der Waals surface area (Å²) in [5.41, 5.74) is 0.570. The van der Waals surface area contributed by atoms with Crippen molar-refractivity contribution in [3.8, 4) is 5.75 Å². The summed E-state index contributed by atoms with van der Waals surface area (Å²) in [6, 6.07) is 8.34. The molecule has 212 valence electrons. The van der Waals surface area contributed by atoms with Crippen molar-refractivity contribution in [1.82, 2.24) is 15.4 Å². The first-order valence-corrected chi connectivity index (χ1v) is 14.6. The topological polar surface area (TPSA) is 135 Å². The predicted molar refractivity (Wildman–Crippen MR) is 144 cm³/mol. The molecule has 0 saturated carbocycles. The molecule has 10 nitrogen and oxygen atoms in total. The Morgan fingerprint density at radius 1 is 1.08 bits per heavy atom. The Labute approximate surface area is 228 Å². The Morgan fingerprint density at radius 3 is 2.44 bits per heavy atom. The number of carbonyl (C=O) groups excluding carboxylic acids is 2. The van der Waals surface area contributed by atoms with Gasteiger partial charge >= 0.3 is 0 Å². The number of carbonyl (C=O) groups is 2. The van der Waals surface area contributed by atoms with Crippen molar-refractivity contribution in [1.29, 1.82) is 0 Å². The van der Waals surface area contributed by atoms with E-state index in [1.54, 1.807) is 0 Å². The fraction of sp³-hybridized carbons (Fsp3) is 0.481. The molecule has 2 fully saturated rings. The minimum Gasteiger partial charge on any atom is -0.495 e. The monoisotopic (exact) mass is 562 g/mol. The van der Waals surface area contributed by atoms with Crippen LogP contribution in [-0.2, 0) is 19.6 Å². The molecule has 2 saturated heterocycles. The Hall–Kier alpha value is -3.06. The third-order valence-electron chi connectivity index (χ3n) is 7.02. The van der Waals surface area contributed by atoms with Crippen LogP contribution in [0, 0.1) is 11.7 Å².